The number of urea groups is 1. The highest BCUT2D eigenvalue weighted by atomic mass is 16.4. The first-order valence-electron chi connectivity index (χ1n) is 6.98. The second-order valence-electron chi connectivity index (χ2n) is 5.12. The minimum atomic E-state index is -0.831. The van der Waals surface area contributed by atoms with Crippen molar-refractivity contribution in [3.05, 3.63) is 0 Å². The molecule has 0 aliphatic carbocycles. The van der Waals surface area contributed by atoms with Crippen LogP contribution in [0.5, 0.6) is 0 Å². The van der Waals surface area contributed by atoms with Gasteiger partial charge >= 0.3 is 12.0 Å². The average molecular weight is 285 g/mol. The van der Waals surface area contributed by atoms with Crippen molar-refractivity contribution in [3.63, 3.8) is 0 Å². The quantitative estimate of drug-likeness (QED) is 0.625. The lowest BCUT2D eigenvalue weighted by atomic mass is 9.87. The van der Waals surface area contributed by atoms with Crippen LogP contribution in [-0.2, 0) is 9.59 Å². The van der Waals surface area contributed by atoms with Gasteiger partial charge in [0.25, 0.3) is 0 Å². The molecule has 1 heterocycles. The van der Waals surface area contributed by atoms with Gasteiger partial charge in [0.1, 0.15) is 0 Å². The largest absolute Gasteiger partial charge is 0.481 e. The van der Waals surface area contributed by atoms with Gasteiger partial charge < -0.3 is 20.6 Å². The Hall–Kier alpha value is -1.79. The Morgan fingerprint density at radius 1 is 1.25 bits per heavy atom. The van der Waals surface area contributed by atoms with Crippen molar-refractivity contribution in [1.29, 1.82) is 0 Å². The summed E-state index contributed by atoms with van der Waals surface area (Å²) in [6.07, 6.45) is 1.14. The van der Waals surface area contributed by atoms with Crippen LogP contribution in [0.25, 0.3) is 0 Å². The number of rotatable bonds is 7. The van der Waals surface area contributed by atoms with Crippen molar-refractivity contribution in [2.75, 3.05) is 26.2 Å². The van der Waals surface area contributed by atoms with Crippen molar-refractivity contribution in [3.8, 4) is 0 Å². The molecule has 1 atom stereocenters. The normalized spacial score (nSPS) is 16.2. The number of hydrogen-bond acceptors (Lipinski definition) is 3. The van der Waals surface area contributed by atoms with E-state index in [1.165, 1.54) is 0 Å². The highest BCUT2D eigenvalue weighted by Crippen LogP contribution is 2.23. The molecule has 0 aromatic carbocycles. The fourth-order valence-corrected chi connectivity index (χ4v) is 1.94. The van der Waals surface area contributed by atoms with E-state index in [0.29, 0.717) is 26.2 Å². The van der Waals surface area contributed by atoms with Crippen molar-refractivity contribution in [2.45, 2.75) is 26.7 Å². The van der Waals surface area contributed by atoms with E-state index in [0.717, 1.165) is 6.42 Å². The summed E-state index contributed by atoms with van der Waals surface area (Å²) in [5.41, 5.74) is 0. The summed E-state index contributed by atoms with van der Waals surface area (Å²) in [7, 11) is 0. The third-order valence-corrected chi connectivity index (χ3v) is 3.49. The van der Waals surface area contributed by atoms with Crippen LogP contribution in [0, 0.1) is 11.8 Å². The molecule has 0 bridgehead atoms. The van der Waals surface area contributed by atoms with E-state index in [1.54, 1.807) is 11.8 Å². The fraction of sp³-hybridized carbons (Fsp3) is 0.769. The van der Waals surface area contributed by atoms with Gasteiger partial charge in [-0.05, 0) is 6.42 Å². The number of carbonyl (C=O) groups is 3. The summed E-state index contributed by atoms with van der Waals surface area (Å²) in [4.78, 5) is 35.3. The SMILES string of the molecule is CCCNC(=O)CCNC(=O)N1CC(C(C)C(=O)O)C1. The first-order chi connectivity index (χ1) is 9.45. The van der Waals surface area contributed by atoms with Crippen molar-refractivity contribution < 1.29 is 19.5 Å². The van der Waals surface area contributed by atoms with E-state index >= 15 is 0 Å². The average Bonchev–Trinajstić information content (AvgIpc) is 2.34. The Kier molecular flexibility index (Phi) is 6.27. The molecule has 3 amide bonds. The summed E-state index contributed by atoms with van der Waals surface area (Å²) >= 11 is 0. The number of carbonyl (C=O) groups excluding carboxylic acids is 2. The molecule has 0 aromatic rings. The summed E-state index contributed by atoms with van der Waals surface area (Å²) in [6, 6.07) is -0.234. The highest BCUT2D eigenvalue weighted by Gasteiger charge is 2.36. The van der Waals surface area contributed by atoms with E-state index in [9.17, 15) is 14.4 Å². The number of nitrogens with zero attached hydrogens (tertiary/aromatic N) is 1. The Labute approximate surface area is 118 Å². The third-order valence-electron chi connectivity index (χ3n) is 3.49. The van der Waals surface area contributed by atoms with Crippen LogP contribution >= 0.6 is 0 Å². The van der Waals surface area contributed by atoms with Crippen molar-refractivity contribution in [2.24, 2.45) is 11.8 Å². The molecule has 1 fully saturated rings. The van der Waals surface area contributed by atoms with E-state index < -0.39 is 11.9 Å². The zero-order valence-electron chi connectivity index (χ0n) is 12.0. The summed E-state index contributed by atoms with van der Waals surface area (Å²) < 4.78 is 0. The molecule has 114 valence electrons. The van der Waals surface area contributed by atoms with Crippen LogP contribution in [0.3, 0.4) is 0 Å². The van der Waals surface area contributed by atoms with Gasteiger partial charge in [0.05, 0.1) is 5.92 Å². The van der Waals surface area contributed by atoms with Gasteiger partial charge in [-0.15, -0.1) is 0 Å². The maximum Gasteiger partial charge on any atom is 0.317 e. The van der Waals surface area contributed by atoms with E-state index in [1.807, 2.05) is 6.92 Å². The predicted octanol–water partition coefficient (Wildman–Crippen LogP) is 0.265. The van der Waals surface area contributed by atoms with E-state index in [2.05, 4.69) is 10.6 Å². The Morgan fingerprint density at radius 2 is 1.90 bits per heavy atom. The second-order valence-corrected chi connectivity index (χ2v) is 5.12. The number of carboxylic acid groups (broad SMARTS) is 1. The van der Waals surface area contributed by atoms with E-state index in [4.69, 9.17) is 5.11 Å². The number of amides is 3. The topological polar surface area (TPSA) is 98.7 Å². The number of aliphatic carboxylic acids is 1. The maximum atomic E-state index is 11.7. The molecule has 0 radical (unpaired) electrons. The van der Waals surface area contributed by atoms with Crippen LogP contribution < -0.4 is 10.6 Å². The van der Waals surface area contributed by atoms with Crippen LogP contribution in [0.15, 0.2) is 0 Å². The Bertz CT molecular complexity index is 367. The fourth-order valence-electron chi connectivity index (χ4n) is 1.94. The standard InChI is InChI=1S/C13H23N3O4/c1-3-5-14-11(17)4-6-15-13(20)16-7-10(8-16)9(2)12(18)19/h9-10H,3-8H2,1-2H3,(H,14,17)(H,15,20)(H,18,19). The molecular formula is C13H23N3O4. The van der Waals surface area contributed by atoms with Crippen molar-refractivity contribution >= 4 is 17.9 Å². The molecule has 3 N–H and O–H groups in total. The molecule has 7 nitrogen and oxygen atoms in total. The van der Waals surface area contributed by atoms with Gasteiger partial charge in [-0.25, -0.2) is 4.79 Å². The van der Waals surface area contributed by atoms with Gasteiger partial charge in [-0.1, -0.05) is 13.8 Å². The summed E-state index contributed by atoms with van der Waals surface area (Å²) in [5, 5.41) is 14.2. The first kappa shape index (κ1) is 16.3. The van der Waals surface area contributed by atoms with Crippen LogP contribution in [0.1, 0.15) is 26.7 Å². The van der Waals surface area contributed by atoms with Crippen LogP contribution in [0.2, 0.25) is 0 Å². The molecule has 1 saturated heterocycles. The van der Waals surface area contributed by atoms with Crippen molar-refractivity contribution in [1.82, 2.24) is 15.5 Å². The molecule has 0 spiro atoms. The minimum Gasteiger partial charge on any atom is -0.481 e. The number of carboxylic acids is 1. The molecule has 7 heteroatoms. The third kappa shape index (κ3) is 4.71. The lowest BCUT2D eigenvalue weighted by molar-refractivity contribution is -0.144. The first-order valence-corrected chi connectivity index (χ1v) is 6.98. The molecule has 0 aromatic heterocycles. The van der Waals surface area contributed by atoms with Crippen LogP contribution in [0.4, 0.5) is 4.79 Å². The number of nitrogens with one attached hydrogen (secondary N) is 2. The maximum absolute atomic E-state index is 11.7. The van der Waals surface area contributed by atoms with E-state index in [-0.39, 0.29) is 24.3 Å². The van der Waals surface area contributed by atoms with Gasteiger partial charge in [0, 0.05) is 38.5 Å². The van der Waals surface area contributed by atoms with Crippen LogP contribution in [-0.4, -0.2) is 54.1 Å². The molecule has 1 aliphatic rings. The van der Waals surface area contributed by atoms with Gasteiger partial charge in [0.15, 0.2) is 0 Å². The minimum absolute atomic E-state index is 0.0195. The molecule has 0 saturated carbocycles. The number of likely N-dealkylation sites (tertiary alicyclic amines) is 1. The molecular weight excluding hydrogens is 262 g/mol. The molecule has 20 heavy (non-hydrogen) atoms. The van der Waals surface area contributed by atoms with Gasteiger partial charge in [-0.3, -0.25) is 9.59 Å². The summed E-state index contributed by atoms with van der Waals surface area (Å²) in [6.45, 7) is 5.49. The zero-order valence-corrected chi connectivity index (χ0v) is 12.0. The predicted molar refractivity (Wildman–Crippen MR) is 73.2 cm³/mol. The van der Waals surface area contributed by atoms with Gasteiger partial charge in [0.2, 0.25) is 5.91 Å². The van der Waals surface area contributed by atoms with Gasteiger partial charge in [-0.2, -0.15) is 0 Å². The molecule has 1 aliphatic heterocycles. The lowest BCUT2D eigenvalue weighted by Crippen LogP contribution is -2.56. The monoisotopic (exact) mass is 285 g/mol. The zero-order chi connectivity index (χ0) is 15.1. The Morgan fingerprint density at radius 3 is 2.45 bits per heavy atom. The summed E-state index contributed by atoms with van der Waals surface area (Å²) in [5.74, 6) is -1.32. The Balaban J connectivity index is 2.13. The number of hydrogen-bond donors (Lipinski definition) is 3. The smallest absolute Gasteiger partial charge is 0.317 e. The highest BCUT2D eigenvalue weighted by molar-refractivity contribution is 5.78. The second kappa shape index (κ2) is 7.72. The molecule has 1 unspecified atom stereocenters. The lowest BCUT2D eigenvalue weighted by Gasteiger charge is -2.41. The molecule has 1 rings (SSSR count).